The number of esters is 1. The number of carboxylic acids is 1. The third-order valence-electron chi connectivity index (χ3n) is 5.68. The molecule has 0 aliphatic heterocycles. The molecule has 1 saturated carbocycles. The number of ether oxygens (including phenoxy) is 1. The Kier molecular flexibility index (Phi) is 20.4. The second-order valence-electron chi connectivity index (χ2n) is 8.46. The van der Waals surface area contributed by atoms with Crippen molar-refractivity contribution in [1.82, 2.24) is 0 Å². The molecular weight excluding hydrogens is 364 g/mol. The number of rotatable bonds is 16. The first kappa shape index (κ1) is 27.7. The zero-order valence-corrected chi connectivity index (χ0v) is 19.0. The zero-order chi connectivity index (χ0) is 21.6. The highest BCUT2D eigenvalue weighted by molar-refractivity contribution is 5.69. The molecule has 170 valence electrons. The van der Waals surface area contributed by atoms with E-state index in [4.69, 9.17) is 14.6 Å². The first-order valence-corrected chi connectivity index (χ1v) is 12.1. The van der Waals surface area contributed by atoms with Crippen LogP contribution in [0.2, 0.25) is 0 Å². The van der Waals surface area contributed by atoms with Crippen molar-refractivity contribution in [2.75, 3.05) is 0 Å². The Morgan fingerprint density at radius 3 is 1.69 bits per heavy atom. The Morgan fingerprint density at radius 1 is 0.828 bits per heavy atom. The Morgan fingerprint density at radius 2 is 1.24 bits per heavy atom. The monoisotopic (exact) mass is 410 g/mol. The molecule has 0 amide bonds. The summed E-state index contributed by atoms with van der Waals surface area (Å²) in [6, 6.07) is 0. The molecule has 1 fully saturated rings. The summed E-state index contributed by atoms with van der Waals surface area (Å²) in [5.41, 5.74) is 0. The zero-order valence-electron chi connectivity index (χ0n) is 19.0. The third kappa shape index (κ3) is 22.8. The minimum atomic E-state index is -0.833. The quantitative estimate of drug-likeness (QED) is 0.160. The predicted molar refractivity (Wildman–Crippen MR) is 121 cm³/mol. The first-order valence-electron chi connectivity index (χ1n) is 12.1. The molecule has 0 aromatic carbocycles. The summed E-state index contributed by atoms with van der Waals surface area (Å²) in [5, 5.41) is 7.42. The van der Waals surface area contributed by atoms with Crippen LogP contribution in [0.1, 0.15) is 129 Å². The number of unbranched alkanes of at least 4 members (excludes halogenated alkanes) is 11. The van der Waals surface area contributed by atoms with Gasteiger partial charge in [0.15, 0.2) is 0 Å². The average molecular weight is 411 g/mol. The predicted octanol–water partition coefficient (Wildman–Crippen LogP) is 7.81. The van der Waals surface area contributed by atoms with Crippen molar-refractivity contribution in [3.8, 4) is 0 Å². The molecule has 0 aromatic rings. The van der Waals surface area contributed by atoms with Gasteiger partial charge in [0, 0.05) is 13.3 Å². The maximum Gasteiger partial charge on any atom is 0.310 e. The molecule has 0 aromatic heterocycles. The minimum absolute atomic E-state index is 0.145. The lowest BCUT2D eigenvalue weighted by molar-refractivity contribution is -0.138. The summed E-state index contributed by atoms with van der Waals surface area (Å²) in [6.45, 7) is 4.47. The fourth-order valence-electron chi connectivity index (χ4n) is 4.10. The van der Waals surface area contributed by atoms with Gasteiger partial charge < -0.3 is 9.84 Å². The van der Waals surface area contributed by atoms with Crippen LogP contribution in [-0.4, -0.2) is 17.0 Å². The Bertz CT molecular complexity index is 396. The summed E-state index contributed by atoms with van der Waals surface area (Å²) in [4.78, 5) is 20.1. The van der Waals surface area contributed by atoms with Crippen LogP contribution in [0.15, 0.2) is 12.8 Å². The second-order valence-corrected chi connectivity index (χ2v) is 8.46. The lowest BCUT2D eigenvalue weighted by Gasteiger charge is -2.21. The molecule has 0 atom stereocenters. The van der Waals surface area contributed by atoms with E-state index in [1.165, 1.54) is 109 Å². The molecule has 1 aliphatic carbocycles. The van der Waals surface area contributed by atoms with Crippen LogP contribution in [0.25, 0.3) is 0 Å². The van der Waals surface area contributed by atoms with Crippen molar-refractivity contribution >= 4 is 11.9 Å². The molecule has 0 heterocycles. The second kappa shape index (κ2) is 21.4. The third-order valence-corrected chi connectivity index (χ3v) is 5.68. The van der Waals surface area contributed by atoms with Crippen LogP contribution in [0, 0.1) is 5.92 Å². The molecule has 1 aliphatic rings. The number of hydrogen-bond donors (Lipinski definition) is 1. The van der Waals surface area contributed by atoms with Gasteiger partial charge in [0.05, 0.1) is 6.26 Å². The van der Waals surface area contributed by atoms with Crippen LogP contribution in [0.3, 0.4) is 0 Å². The Labute approximate surface area is 179 Å². The molecule has 0 saturated heterocycles. The molecule has 4 heteroatoms. The Hall–Kier alpha value is -1.32. The van der Waals surface area contributed by atoms with Crippen molar-refractivity contribution in [1.29, 1.82) is 0 Å². The van der Waals surface area contributed by atoms with Gasteiger partial charge in [-0.1, -0.05) is 116 Å². The molecule has 1 N–H and O–H groups in total. The normalized spacial score (nSPS) is 14.0. The van der Waals surface area contributed by atoms with Gasteiger partial charge >= 0.3 is 5.97 Å². The van der Waals surface area contributed by atoms with E-state index in [1.54, 1.807) is 0 Å². The molecule has 1 rings (SSSR count). The van der Waals surface area contributed by atoms with E-state index in [2.05, 4.69) is 6.58 Å². The van der Waals surface area contributed by atoms with Crippen molar-refractivity contribution in [2.24, 2.45) is 5.92 Å². The van der Waals surface area contributed by atoms with E-state index in [-0.39, 0.29) is 5.97 Å². The number of carbonyl (C=O) groups excluding carboxylic acids is 1. The van der Waals surface area contributed by atoms with E-state index in [0.717, 1.165) is 25.7 Å². The molecular formula is C25H46O4. The van der Waals surface area contributed by atoms with Gasteiger partial charge in [-0.3, -0.25) is 9.59 Å². The van der Waals surface area contributed by atoms with Gasteiger partial charge in [-0.2, -0.15) is 0 Å². The maximum atomic E-state index is 11.1. The molecule has 4 nitrogen and oxygen atoms in total. The standard InChI is InChI=1S/C23H42O2.C2H4O2/c1-2-25-23(24)21-17-12-10-8-6-4-3-5-7-9-11-14-18-22-19-15-13-16-20-22;1-2(3)4/h2,22H,1,3-21H2;1H3,(H,3,4). The van der Waals surface area contributed by atoms with Crippen LogP contribution < -0.4 is 0 Å². The van der Waals surface area contributed by atoms with Gasteiger partial charge in [-0.05, 0) is 12.3 Å². The number of hydrogen-bond acceptors (Lipinski definition) is 3. The fourth-order valence-corrected chi connectivity index (χ4v) is 4.10. The number of carboxylic acid groups (broad SMARTS) is 1. The van der Waals surface area contributed by atoms with E-state index in [0.29, 0.717) is 6.42 Å². The van der Waals surface area contributed by atoms with Crippen molar-refractivity contribution in [2.45, 2.75) is 129 Å². The minimum Gasteiger partial charge on any atom is -0.481 e. The maximum absolute atomic E-state index is 11.1. The van der Waals surface area contributed by atoms with Gasteiger partial charge in [-0.25, -0.2) is 0 Å². The van der Waals surface area contributed by atoms with E-state index in [1.807, 2.05) is 0 Å². The fraction of sp³-hybridized carbons (Fsp3) is 0.840. The molecule has 0 radical (unpaired) electrons. The smallest absolute Gasteiger partial charge is 0.310 e. The topological polar surface area (TPSA) is 63.6 Å². The SMILES string of the molecule is C=COC(=O)CCCCCCCCCCCCCCC1CCCCC1.CC(=O)O. The molecule has 0 bridgehead atoms. The van der Waals surface area contributed by atoms with Gasteiger partial charge in [0.25, 0.3) is 5.97 Å². The number of carbonyl (C=O) groups is 2. The highest BCUT2D eigenvalue weighted by Gasteiger charge is 2.12. The van der Waals surface area contributed by atoms with E-state index in [9.17, 15) is 4.79 Å². The van der Waals surface area contributed by atoms with Crippen LogP contribution in [0.4, 0.5) is 0 Å². The Balaban J connectivity index is 0.00000178. The number of aliphatic carboxylic acids is 1. The summed E-state index contributed by atoms with van der Waals surface area (Å²) < 4.78 is 4.70. The summed E-state index contributed by atoms with van der Waals surface area (Å²) in [5.74, 6) is 0.0927. The van der Waals surface area contributed by atoms with Gasteiger partial charge in [0.1, 0.15) is 0 Å². The molecule has 0 unspecified atom stereocenters. The first-order chi connectivity index (χ1) is 14.1. The highest BCUT2D eigenvalue weighted by atomic mass is 16.5. The highest BCUT2D eigenvalue weighted by Crippen LogP contribution is 2.28. The summed E-state index contributed by atoms with van der Waals surface area (Å²) in [6.07, 6.45) is 26.8. The van der Waals surface area contributed by atoms with Crippen LogP contribution >= 0.6 is 0 Å². The van der Waals surface area contributed by atoms with Crippen molar-refractivity contribution < 1.29 is 19.4 Å². The van der Waals surface area contributed by atoms with Crippen molar-refractivity contribution in [3.05, 3.63) is 12.8 Å². The van der Waals surface area contributed by atoms with E-state index >= 15 is 0 Å². The van der Waals surface area contributed by atoms with Gasteiger partial charge in [0.2, 0.25) is 0 Å². The largest absolute Gasteiger partial charge is 0.481 e. The summed E-state index contributed by atoms with van der Waals surface area (Å²) in [7, 11) is 0. The van der Waals surface area contributed by atoms with Crippen LogP contribution in [0.5, 0.6) is 0 Å². The lowest BCUT2D eigenvalue weighted by atomic mass is 9.85. The lowest BCUT2D eigenvalue weighted by Crippen LogP contribution is -2.05. The molecule has 29 heavy (non-hydrogen) atoms. The van der Waals surface area contributed by atoms with Gasteiger partial charge in [-0.15, -0.1) is 0 Å². The average Bonchev–Trinajstić information content (AvgIpc) is 2.69. The molecule has 0 spiro atoms. The van der Waals surface area contributed by atoms with Crippen LogP contribution in [-0.2, 0) is 14.3 Å². The summed E-state index contributed by atoms with van der Waals surface area (Å²) >= 11 is 0. The van der Waals surface area contributed by atoms with Crippen molar-refractivity contribution in [3.63, 3.8) is 0 Å². The van der Waals surface area contributed by atoms with E-state index < -0.39 is 5.97 Å².